The summed E-state index contributed by atoms with van der Waals surface area (Å²) in [7, 11) is 0. The van der Waals surface area contributed by atoms with E-state index in [-0.39, 0.29) is 12.1 Å². The molecule has 3 nitrogen and oxygen atoms in total. The van der Waals surface area contributed by atoms with E-state index < -0.39 is 0 Å². The van der Waals surface area contributed by atoms with Gasteiger partial charge in [-0.2, -0.15) is 0 Å². The third-order valence-electron chi connectivity index (χ3n) is 6.72. The van der Waals surface area contributed by atoms with Crippen molar-refractivity contribution in [3.63, 3.8) is 0 Å². The summed E-state index contributed by atoms with van der Waals surface area (Å²) in [6, 6.07) is 41.7. The highest BCUT2D eigenvalue weighted by atomic mass is 16.7. The number of hydrogen-bond donors (Lipinski definition) is 0. The molecule has 1 aromatic heterocycles. The molecule has 5 aromatic rings. The predicted octanol–water partition coefficient (Wildman–Crippen LogP) is 8.08. The van der Waals surface area contributed by atoms with E-state index in [9.17, 15) is 0 Å². The third-order valence-corrected chi connectivity index (χ3v) is 6.72. The quantitative estimate of drug-likeness (QED) is 0.273. The molecule has 0 spiro atoms. The van der Waals surface area contributed by atoms with E-state index >= 15 is 0 Å². The molecule has 0 radical (unpaired) electrons. The van der Waals surface area contributed by atoms with Crippen LogP contribution in [-0.4, -0.2) is 0 Å². The van der Waals surface area contributed by atoms with Gasteiger partial charge in [0.15, 0.2) is 0 Å². The lowest BCUT2D eigenvalue weighted by Crippen LogP contribution is -2.30. The Kier molecular flexibility index (Phi) is 5.69. The Morgan fingerprint density at radius 3 is 1.83 bits per heavy atom. The lowest BCUT2D eigenvalue weighted by molar-refractivity contribution is 0.0260. The number of nitrogens with zero attached hydrogens (tertiary/aromatic N) is 1. The first kappa shape index (κ1) is 21.5. The fourth-order valence-electron chi connectivity index (χ4n) is 5.05. The second kappa shape index (κ2) is 9.28. The molecule has 35 heavy (non-hydrogen) atoms. The topological polar surface area (TPSA) is 25.6 Å². The average Bonchev–Trinajstić information content (AvgIpc) is 3.13. The molecule has 2 heterocycles. The number of hydrogen-bond acceptors (Lipinski definition) is 3. The van der Waals surface area contributed by atoms with Crippen LogP contribution in [0.1, 0.15) is 40.2 Å². The molecule has 1 aliphatic rings. The number of rotatable bonds is 4. The van der Waals surface area contributed by atoms with Crippen molar-refractivity contribution in [2.45, 2.75) is 25.5 Å². The van der Waals surface area contributed by atoms with Gasteiger partial charge < -0.3 is 4.42 Å². The van der Waals surface area contributed by atoms with Crippen LogP contribution in [0.4, 0.5) is 5.69 Å². The molecule has 1 aliphatic heterocycles. The largest absolute Gasteiger partial charge is 0.461 e. The average molecular weight is 458 g/mol. The minimum absolute atomic E-state index is 0.149. The highest BCUT2D eigenvalue weighted by Crippen LogP contribution is 2.47. The lowest BCUT2D eigenvalue weighted by Gasteiger charge is -2.34. The maximum absolute atomic E-state index is 6.93. The van der Waals surface area contributed by atoms with Crippen molar-refractivity contribution in [1.29, 1.82) is 0 Å². The summed E-state index contributed by atoms with van der Waals surface area (Å²) in [5, 5.41) is 2.08. The fourth-order valence-corrected chi connectivity index (χ4v) is 5.05. The number of hydroxylamine groups is 1. The van der Waals surface area contributed by atoms with Crippen LogP contribution >= 0.6 is 0 Å². The van der Waals surface area contributed by atoms with E-state index in [0.717, 1.165) is 40.3 Å². The molecule has 3 heteroatoms. The maximum Gasteiger partial charge on any atom is 0.140 e. The van der Waals surface area contributed by atoms with Gasteiger partial charge in [0.2, 0.25) is 0 Å². The summed E-state index contributed by atoms with van der Waals surface area (Å²) >= 11 is 0. The standard InChI is InChI=1S/C32H27NO2/c1-23-28-22-29(24-14-6-2-7-15-24)35-33(27-20-12-5-13-21-27)31(25-16-8-3-9-17-25)30(28)32(34-23)26-18-10-4-11-19-26/h2-21,29,31H,22H2,1H3/t29-,31-/m0/s1. The van der Waals surface area contributed by atoms with Crippen molar-refractivity contribution < 1.29 is 9.25 Å². The van der Waals surface area contributed by atoms with Crippen LogP contribution in [0.25, 0.3) is 11.3 Å². The third kappa shape index (κ3) is 4.05. The van der Waals surface area contributed by atoms with Crippen molar-refractivity contribution in [3.05, 3.63) is 149 Å². The van der Waals surface area contributed by atoms with Crippen molar-refractivity contribution in [2.24, 2.45) is 0 Å². The van der Waals surface area contributed by atoms with Gasteiger partial charge in [-0.1, -0.05) is 109 Å². The molecule has 6 rings (SSSR count). The Hall–Kier alpha value is -4.08. The van der Waals surface area contributed by atoms with Gasteiger partial charge in [0.1, 0.15) is 23.7 Å². The fraction of sp³-hybridized carbons (Fsp3) is 0.125. The summed E-state index contributed by atoms with van der Waals surface area (Å²) in [6.45, 7) is 2.08. The molecular weight excluding hydrogens is 430 g/mol. The Labute approximate surface area is 206 Å². The minimum atomic E-state index is -0.171. The predicted molar refractivity (Wildman–Crippen MR) is 140 cm³/mol. The Bertz CT molecular complexity index is 1400. The van der Waals surface area contributed by atoms with E-state index in [4.69, 9.17) is 9.25 Å². The van der Waals surface area contributed by atoms with Crippen LogP contribution < -0.4 is 5.06 Å². The minimum Gasteiger partial charge on any atom is -0.461 e. The van der Waals surface area contributed by atoms with Crippen molar-refractivity contribution in [1.82, 2.24) is 0 Å². The Balaban J connectivity index is 1.63. The molecule has 4 aromatic carbocycles. The van der Waals surface area contributed by atoms with E-state index in [2.05, 4.69) is 115 Å². The van der Waals surface area contributed by atoms with Gasteiger partial charge in [0.05, 0.1) is 5.69 Å². The van der Waals surface area contributed by atoms with Gasteiger partial charge in [-0.15, -0.1) is 0 Å². The van der Waals surface area contributed by atoms with Crippen molar-refractivity contribution >= 4 is 5.69 Å². The van der Waals surface area contributed by atoms with E-state index in [0.29, 0.717) is 0 Å². The highest BCUT2D eigenvalue weighted by Gasteiger charge is 2.38. The van der Waals surface area contributed by atoms with Crippen LogP contribution in [-0.2, 0) is 11.3 Å². The highest BCUT2D eigenvalue weighted by molar-refractivity contribution is 5.68. The smallest absolute Gasteiger partial charge is 0.140 e. The summed E-state index contributed by atoms with van der Waals surface area (Å²) in [6.07, 6.45) is 0.581. The zero-order chi connectivity index (χ0) is 23.6. The maximum atomic E-state index is 6.93. The summed E-state index contributed by atoms with van der Waals surface area (Å²) < 4.78 is 6.55. The number of anilines is 1. The number of fused-ring (bicyclic) bond motifs is 1. The molecular formula is C32H27NO2. The normalized spacial score (nSPS) is 17.6. The van der Waals surface area contributed by atoms with Crippen LogP contribution in [0.15, 0.2) is 126 Å². The second-order valence-electron chi connectivity index (χ2n) is 8.93. The Morgan fingerprint density at radius 1 is 0.657 bits per heavy atom. The van der Waals surface area contributed by atoms with Crippen LogP contribution in [0.5, 0.6) is 0 Å². The van der Waals surface area contributed by atoms with Gasteiger partial charge in [-0.05, 0) is 30.2 Å². The second-order valence-corrected chi connectivity index (χ2v) is 8.93. The zero-order valence-electron chi connectivity index (χ0n) is 19.7. The van der Waals surface area contributed by atoms with Gasteiger partial charge in [-0.25, -0.2) is 5.06 Å². The molecule has 0 N–H and O–H groups in total. The SMILES string of the molecule is Cc1oc(-c2ccccc2)c2c1C[C@@H](c1ccccc1)ON(c1ccccc1)[C@H]2c1ccccc1. The van der Waals surface area contributed by atoms with Gasteiger partial charge in [0.25, 0.3) is 0 Å². The van der Waals surface area contributed by atoms with Crippen LogP contribution in [0, 0.1) is 6.92 Å². The number of furan rings is 1. The van der Waals surface area contributed by atoms with Crippen LogP contribution in [0.2, 0.25) is 0 Å². The molecule has 0 unspecified atom stereocenters. The van der Waals surface area contributed by atoms with Gasteiger partial charge in [-0.3, -0.25) is 4.84 Å². The summed E-state index contributed by atoms with van der Waals surface area (Å²) in [5.41, 5.74) is 6.77. The molecule has 0 aliphatic carbocycles. The monoisotopic (exact) mass is 457 g/mol. The summed E-state index contributed by atoms with van der Waals surface area (Å²) in [4.78, 5) is 6.93. The van der Waals surface area contributed by atoms with Crippen LogP contribution in [0.3, 0.4) is 0 Å². The van der Waals surface area contributed by atoms with Crippen molar-refractivity contribution in [2.75, 3.05) is 5.06 Å². The zero-order valence-corrected chi connectivity index (χ0v) is 19.7. The van der Waals surface area contributed by atoms with E-state index in [1.165, 1.54) is 11.1 Å². The molecule has 172 valence electrons. The van der Waals surface area contributed by atoms with E-state index in [1.54, 1.807) is 0 Å². The number of para-hydroxylation sites is 1. The lowest BCUT2D eigenvalue weighted by atomic mass is 9.89. The molecule has 0 saturated heterocycles. The van der Waals surface area contributed by atoms with Gasteiger partial charge in [0, 0.05) is 23.1 Å². The molecule has 0 bridgehead atoms. The molecule has 2 atom stereocenters. The van der Waals surface area contributed by atoms with Crippen molar-refractivity contribution in [3.8, 4) is 11.3 Å². The first-order valence-corrected chi connectivity index (χ1v) is 12.1. The molecule has 0 amide bonds. The summed E-state index contributed by atoms with van der Waals surface area (Å²) in [5.74, 6) is 1.85. The first-order chi connectivity index (χ1) is 17.3. The molecule has 0 saturated carbocycles. The number of aryl methyl sites for hydroxylation is 1. The van der Waals surface area contributed by atoms with E-state index in [1.807, 2.05) is 18.2 Å². The molecule has 0 fully saturated rings. The first-order valence-electron chi connectivity index (χ1n) is 12.1. The van der Waals surface area contributed by atoms with Gasteiger partial charge >= 0.3 is 0 Å². The number of benzene rings is 4. The Morgan fingerprint density at radius 2 is 1.20 bits per heavy atom.